The number of hydrogen-bond donors (Lipinski definition) is 2. The maximum absolute atomic E-state index is 14.2. The van der Waals surface area contributed by atoms with E-state index in [0.29, 0.717) is 25.4 Å². The summed E-state index contributed by atoms with van der Waals surface area (Å²) in [5.41, 5.74) is 0.215. The van der Waals surface area contributed by atoms with Gasteiger partial charge in [-0.05, 0) is 46.6 Å². The predicted molar refractivity (Wildman–Crippen MR) is 97.5 cm³/mol. The Kier molecular flexibility index (Phi) is 6.81. The summed E-state index contributed by atoms with van der Waals surface area (Å²) in [5.74, 6) is -0.290. The lowest BCUT2D eigenvalue weighted by molar-refractivity contribution is -0.186. The van der Waals surface area contributed by atoms with Gasteiger partial charge in [0, 0.05) is 30.9 Å². The van der Waals surface area contributed by atoms with E-state index < -0.39 is 17.8 Å². The van der Waals surface area contributed by atoms with Crippen molar-refractivity contribution in [1.29, 1.82) is 5.26 Å². The molecule has 0 aromatic heterocycles. The molecule has 1 unspecified atom stereocenters. The molecule has 144 valence electrons. The van der Waals surface area contributed by atoms with Crippen molar-refractivity contribution in [3.63, 3.8) is 0 Å². The van der Waals surface area contributed by atoms with Gasteiger partial charge in [0.15, 0.2) is 0 Å². The van der Waals surface area contributed by atoms with Crippen molar-refractivity contribution >= 4 is 5.69 Å². The number of nitrogens with one attached hydrogen (secondary N) is 1. The van der Waals surface area contributed by atoms with Gasteiger partial charge < -0.3 is 19.5 Å². The number of anilines is 1. The SMILES string of the molecule is CCOc1cc(N2CCC(NC(O)OC(C)(C)C)CC2)cc(F)c1C#N. The van der Waals surface area contributed by atoms with E-state index in [1.807, 2.05) is 26.8 Å². The summed E-state index contributed by atoms with van der Waals surface area (Å²) in [5, 5.41) is 22.1. The topological polar surface area (TPSA) is 77.8 Å². The molecule has 1 fully saturated rings. The molecule has 0 spiro atoms. The molecule has 1 aliphatic rings. The highest BCUT2D eigenvalue weighted by atomic mass is 19.1. The highest BCUT2D eigenvalue weighted by Crippen LogP contribution is 2.30. The molecule has 0 saturated carbocycles. The lowest BCUT2D eigenvalue weighted by atomic mass is 10.0. The number of hydrogen-bond acceptors (Lipinski definition) is 6. The fraction of sp³-hybridized carbons (Fsp3) is 0.632. The van der Waals surface area contributed by atoms with Crippen molar-refractivity contribution < 1.29 is 19.0 Å². The Hall–Kier alpha value is -1.88. The Morgan fingerprint density at radius 1 is 1.38 bits per heavy atom. The van der Waals surface area contributed by atoms with Gasteiger partial charge in [0.25, 0.3) is 0 Å². The second-order valence-corrected chi connectivity index (χ2v) is 7.36. The monoisotopic (exact) mass is 365 g/mol. The minimum Gasteiger partial charge on any atom is -0.492 e. The summed E-state index contributed by atoms with van der Waals surface area (Å²) in [6, 6.07) is 5.08. The summed E-state index contributed by atoms with van der Waals surface area (Å²) < 4.78 is 25.1. The van der Waals surface area contributed by atoms with Crippen LogP contribution in [0.3, 0.4) is 0 Å². The van der Waals surface area contributed by atoms with Crippen LogP contribution in [0.25, 0.3) is 0 Å². The Bertz CT molecular complexity index is 647. The zero-order chi connectivity index (χ0) is 19.3. The van der Waals surface area contributed by atoms with E-state index >= 15 is 0 Å². The van der Waals surface area contributed by atoms with Crippen molar-refractivity contribution in [2.75, 3.05) is 24.6 Å². The van der Waals surface area contributed by atoms with E-state index in [4.69, 9.17) is 14.7 Å². The fourth-order valence-corrected chi connectivity index (χ4v) is 3.00. The zero-order valence-electron chi connectivity index (χ0n) is 15.9. The van der Waals surface area contributed by atoms with Crippen LogP contribution in [-0.4, -0.2) is 42.9 Å². The van der Waals surface area contributed by atoms with Gasteiger partial charge in [-0.3, -0.25) is 5.32 Å². The first-order valence-electron chi connectivity index (χ1n) is 8.97. The lowest BCUT2D eigenvalue weighted by Gasteiger charge is -2.36. The van der Waals surface area contributed by atoms with Gasteiger partial charge in [-0.2, -0.15) is 5.26 Å². The van der Waals surface area contributed by atoms with Crippen LogP contribution in [0, 0.1) is 17.1 Å². The standard InChI is InChI=1S/C19H28FN3O3/c1-5-25-17-11-14(10-16(20)15(17)12-21)23-8-6-13(7-9-23)22-18(24)26-19(2,3)4/h10-11,13,18,22,24H,5-9H2,1-4H3. The Morgan fingerprint density at radius 2 is 2.04 bits per heavy atom. The van der Waals surface area contributed by atoms with Gasteiger partial charge in [0.1, 0.15) is 23.2 Å². The molecule has 0 radical (unpaired) electrons. The number of ether oxygens (including phenoxy) is 2. The first-order valence-corrected chi connectivity index (χ1v) is 8.97. The molecular weight excluding hydrogens is 337 g/mol. The normalized spacial score (nSPS) is 17.0. The predicted octanol–water partition coefficient (Wildman–Crippen LogP) is 2.75. The average molecular weight is 365 g/mol. The molecule has 1 aromatic carbocycles. The van der Waals surface area contributed by atoms with E-state index in [2.05, 4.69) is 10.2 Å². The number of nitrogens with zero attached hydrogens (tertiary/aromatic N) is 2. The van der Waals surface area contributed by atoms with Crippen molar-refractivity contribution in [1.82, 2.24) is 5.32 Å². The van der Waals surface area contributed by atoms with Gasteiger partial charge in [-0.25, -0.2) is 4.39 Å². The van der Waals surface area contributed by atoms with Crippen LogP contribution < -0.4 is 15.0 Å². The van der Waals surface area contributed by atoms with Gasteiger partial charge in [-0.1, -0.05) is 0 Å². The first-order chi connectivity index (χ1) is 12.2. The number of rotatable bonds is 6. The summed E-state index contributed by atoms with van der Waals surface area (Å²) in [4.78, 5) is 2.06. The maximum atomic E-state index is 14.2. The number of aliphatic hydroxyl groups is 1. The van der Waals surface area contributed by atoms with Crippen molar-refractivity contribution in [2.45, 2.75) is 58.6 Å². The first kappa shape index (κ1) is 20.4. The van der Waals surface area contributed by atoms with Gasteiger partial charge in [-0.15, -0.1) is 0 Å². The molecule has 7 heteroatoms. The molecule has 1 saturated heterocycles. The number of aliphatic hydroxyl groups excluding tert-OH is 1. The quantitative estimate of drug-likeness (QED) is 0.755. The van der Waals surface area contributed by atoms with E-state index in [-0.39, 0.29) is 17.4 Å². The van der Waals surface area contributed by atoms with Crippen LogP contribution in [0.2, 0.25) is 0 Å². The van der Waals surface area contributed by atoms with E-state index in [9.17, 15) is 9.50 Å². The van der Waals surface area contributed by atoms with E-state index in [1.165, 1.54) is 6.07 Å². The summed E-state index contributed by atoms with van der Waals surface area (Å²) in [7, 11) is 0. The number of piperidine rings is 1. The molecular formula is C19H28FN3O3. The van der Waals surface area contributed by atoms with Crippen LogP contribution in [-0.2, 0) is 4.74 Å². The fourth-order valence-electron chi connectivity index (χ4n) is 3.00. The molecule has 0 aliphatic carbocycles. The molecule has 1 atom stereocenters. The molecule has 1 heterocycles. The van der Waals surface area contributed by atoms with Crippen LogP contribution in [0.5, 0.6) is 5.75 Å². The minimum atomic E-state index is -1.01. The van der Waals surface area contributed by atoms with E-state index in [0.717, 1.165) is 12.8 Å². The maximum Gasteiger partial charge on any atom is 0.214 e. The Labute approximate surface area is 154 Å². The van der Waals surface area contributed by atoms with E-state index in [1.54, 1.807) is 13.0 Å². The molecule has 0 amide bonds. The third-order valence-electron chi connectivity index (χ3n) is 4.15. The van der Waals surface area contributed by atoms with Crippen molar-refractivity contribution in [2.24, 2.45) is 0 Å². The smallest absolute Gasteiger partial charge is 0.214 e. The third-order valence-corrected chi connectivity index (χ3v) is 4.15. The minimum absolute atomic E-state index is 0.0606. The van der Waals surface area contributed by atoms with Crippen LogP contribution >= 0.6 is 0 Å². The molecule has 1 aliphatic heterocycles. The Balaban J connectivity index is 1.98. The number of benzene rings is 1. The number of nitriles is 1. The van der Waals surface area contributed by atoms with Crippen LogP contribution in [0.15, 0.2) is 12.1 Å². The highest BCUT2D eigenvalue weighted by molar-refractivity contribution is 5.58. The zero-order valence-corrected chi connectivity index (χ0v) is 15.9. The van der Waals surface area contributed by atoms with Gasteiger partial charge >= 0.3 is 0 Å². The van der Waals surface area contributed by atoms with Gasteiger partial charge in [0.05, 0.1) is 12.2 Å². The van der Waals surface area contributed by atoms with Gasteiger partial charge in [0.2, 0.25) is 6.41 Å². The molecule has 26 heavy (non-hydrogen) atoms. The Morgan fingerprint density at radius 3 is 2.58 bits per heavy atom. The summed E-state index contributed by atoms with van der Waals surface area (Å²) in [6.45, 7) is 9.23. The van der Waals surface area contributed by atoms with Crippen LogP contribution in [0.4, 0.5) is 10.1 Å². The summed E-state index contributed by atoms with van der Waals surface area (Å²) in [6.07, 6.45) is 0.565. The lowest BCUT2D eigenvalue weighted by Crippen LogP contribution is -2.48. The molecule has 0 bridgehead atoms. The highest BCUT2D eigenvalue weighted by Gasteiger charge is 2.25. The molecule has 2 N–H and O–H groups in total. The third kappa shape index (κ3) is 5.56. The molecule has 6 nitrogen and oxygen atoms in total. The molecule has 1 aromatic rings. The summed E-state index contributed by atoms with van der Waals surface area (Å²) >= 11 is 0. The second-order valence-electron chi connectivity index (χ2n) is 7.36. The van der Waals surface area contributed by atoms with Crippen molar-refractivity contribution in [3.8, 4) is 11.8 Å². The average Bonchev–Trinajstić information content (AvgIpc) is 2.53. The second kappa shape index (κ2) is 8.67. The number of halogens is 1. The largest absolute Gasteiger partial charge is 0.492 e. The van der Waals surface area contributed by atoms with Crippen LogP contribution in [0.1, 0.15) is 46.1 Å². The molecule has 2 rings (SSSR count). The van der Waals surface area contributed by atoms with Crippen molar-refractivity contribution in [3.05, 3.63) is 23.5 Å².